The van der Waals surface area contributed by atoms with Gasteiger partial charge in [0, 0.05) is 25.7 Å². The number of amides is 1. The van der Waals surface area contributed by atoms with E-state index in [9.17, 15) is 14.4 Å². The van der Waals surface area contributed by atoms with Crippen LogP contribution in [-0.4, -0.2) is 72.3 Å². The van der Waals surface area contributed by atoms with Crippen molar-refractivity contribution in [2.24, 2.45) is 5.41 Å². The molecule has 0 spiro atoms. The van der Waals surface area contributed by atoms with Crippen LogP contribution in [0, 0.1) is 5.41 Å². The van der Waals surface area contributed by atoms with Crippen molar-refractivity contribution in [3.63, 3.8) is 0 Å². The van der Waals surface area contributed by atoms with Gasteiger partial charge in [0.05, 0.1) is 18.4 Å². The molecule has 35 heavy (non-hydrogen) atoms. The van der Waals surface area contributed by atoms with E-state index in [1.165, 1.54) is 0 Å². The molecule has 1 aromatic carbocycles. The maximum Gasteiger partial charge on any atom is 0.410 e. The zero-order valence-corrected chi connectivity index (χ0v) is 21.6. The molecule has 2 aliphatic heterocycles. The van der Waals surface area contributed by atoms with E-state index in [-0.39, 0.29) is 43.7 Å². The quantitative estimate of drug-likeness (QED) is 0.421. The predicted molar refractivity (Wildman–Crippen MR) is 132 cm³/mol. The van der Waals surface area contributed by atoms with Crippen molar-refractivity contribution in [1.82, 2.24) is 9.80 Å². The van der Waals surface area contributed by atoms with Gasteiger partial charge in [0.1, 0.15) is 12.2 Å². The minimum atomic E-state index is -0.912. The summed E-state index contributed by atoms with van der Waals surface area (Å²) in [5, 5.41) is 0. The summed E-state index contributed by atoms with van der Waals surface area (Å²) in [6.45, 7) is 10.4. The van der Waals surface area contributed by atoms with Gasteiger partial charge in [-0.25, -0.2) is 4.79 Å². The van der Waals surface area contributed by atoms with E-state index in [0.29, 0.717) is 26.1 Å². The highest BCUT2D eigenvalue weighted by atomic mass is 16.6. The lowest BCUT2D eigenvalue weighted by Crippen LogP contribution is -2.55. The van der Waals surface area contributed by atoms with Crippen LogP contribution in [0.4, 0.5) is 4.79 Å². The minimum Gasteiger partial charge on any atom is -0.466 e. The Morgan fingerprint density at radius 2 is 1.71 bits per heavy atom. The van der Waals surface area contributed by atoms with E-state index in [1.54, 1.807) is 11.8 Å². The van der Waals surface area contributed by atoms with E-state index >= 15 is 0 Å². The SMILES string of the molecule is CCOC(=O)C1(CC(=O)OCc2ccccc2)CCCN(C2CCN(C(=O)OC(C)(C)C)CC2)C1. The van der Waals surface area contributed by atoms with Gasteiger partial charge in [-0.05, 0) is 65.5 Å². The Kier molecular flexibility index (Phi) is 9.16. The number of rotatable bonds is 7. The van der Waals surface area contributed by atoms with Crippen LogP contribution < -0.4 is 0 Å². The highest BCUT2D eigenvalue weighted by Crippen LogP contribution is 2.37. The van der Waals surface area contributed by atoms with Crippen molar-refractivity contribution < 1.29 is 28.6 Å². The standard InChI is InChI=1S/C27H40N2O6/c1-5-33-24(31)27(18-23(30)34-19-21-10-7-6-8-11-21)14-9-15-29(20-27)22-12-16-28(17-13-22)25(32)35-26(2,3)4/h6-8,10-11,22H,5,9,12-20H2,1-4H3. The lowest BCUT2D eigenvalue weighted by molar-refractivity contribution is -0.167. The van der Waals surface area contributed by atoms with Crippen LogP contribution in [0.5, 0.6) is 0 Å². The number of esters is 2. The van der Waals surface area contributed by atoms with Gasteiger partial charge in [-0.15, -0.1) is 0 Å². The zero-order chi connectivity index (χ0) is 25.5. The second-order valence-electron chi connectivity index (χ2n) is 10.6. The Morgan fingerprint density at radius 1 is 1.03 bits per heavy atom. The summed E-state index contributed by atoms with van der Waals surface area (Å²) >= 11 is 0. The summed E-state index contributed by atoms with van der Waals surface area (Å²) in [5.74, 6) is -0.712. The molecular weight excluding hydrogens is 448 g/mol. The van der Waals surface area contributed by atoms with Gasteiger partial charge in [-0.2, -0.15) is 0 Å². The highest BCUT2D eigenvalue weighted by Gasteiger charge is 2.47. The van der Waals surface area contributed by atoms with Gasteiger partial charge in [0.15, 0.2) is 0 Å². The number of carbonyl (C=O) groups is 3. The third-order valence-corrected chi connectivity index (χ3v) is 6.67. The van der Waals surface area contributed by atoms with Crippen molar-refractivity contribution in [3.05, 3.63) is 35.9 Å². The molecule has 194 valence electrons. The predicted octanol–water partition coefficient (Wildman–Crippen LogP) is 4.16. The average Bonchev–Trinajstić information content (AvgIpc) is 2.83. The second-order valence-corrected chi connectivity index (χ2v) is 10.6. The van der Waals surface area contributed by atoms with Crippen molar-refractivity contribution >= 4 is 18.0 Å². The molecule has 8 heteroatoms. The van der Waals surface area contributed by atoms with Crippen LogP contribution in [0.1, 0.15) is 65.4 Å². The molecule has 3 rings (SSSR count). The van der Waals surface area contributed by atoms with E-state index in [4.69, 9.17) is 14.2 Å². The highest BCUT2D eigenvalue weighted by molar-refractivity contribution is 5.84. The molecule has 2 saturated heterocycles. The van der Waals surface area contributed by atoms with Gasteiger partial charge in [-0.3, -0.25) is 14.5 Å². The monoisotopic (exact) mass is 488 g/mol. The van der Waals surface area contributed by atoms with E-state index in [0.717, 1.165) is 31.4 Å². The van der Waals surface area contributed by atoms with Crippen LogP contribution in [0.3, 0.4) is 0 Å². The first kappa shape index (κ1) is 27.0. The number of nitrogens with zero attached hydrogens (tertiary/aromatic N) is 2. The molecule has 1 amide bonds. The number of likely N-dealkylation sites (tertiary alicyclic amines) is 2. The molecule has 1 unspecified atom stereocenters. The molecule has 2 aliphatic rings. The topological polar surface area (TPSA) is 85.4 Å². The summed E-state index contributed by atoms with van der Waals surface area (Å²) in [5.41, 5.74) is -0.521. The number of hydrogen-bond acceptors (Lipinski definition) is 7. The molecule has 0 N–H and O–H groups in total. The first-order chi connectivity index (χ1) is 16.6. The van der Waals surface area contributed by atoms with Gasteiger partial charge >= 0.3 is 18.0 Å². The zero-order valence-electron chi connectivity index (χ0n) is 21.6. The van der Waals surface area contributed by atoms with Crippen LogP contribution >= 0.6 is 0 Å². The maximum absolute atomic E-state index is 13.1. The molecule has 1 atom stereocenters. The number of benzene rings is 1. The number of ether oxygens (including phenoxy) is 3. The van der Waals surface area contributed by atoms with Gasteiger partial charge in [0.2, 0.25) is 0 Å². The lowest BCUT2D eigenvalue weighted by atomic mass is 9.76. The molecule has 1 aromatic rings. The van der Waals surface area contributed by atoms with Crippen molar-refractivity contribution in [3.8, 4) is 0 Å². The molecule has 0 bridgehead atoms. The van der Waals surface area contributed by atoms with Crippen LogP contribution in [0.2, 0.25) is 0 Å². The summed E-state index contributed by atoms with van der Waals surface area (Å²) in [6.07, 6.45) is 2.73. The smallest absolute Gasteiger partial charge is 0.410 e. The van der Waals surface area contributed by atoms with Gasteiger partial charge < -0.3 is 19.1 Å². The van der Waals surface area contributed by atoms with Crippen LogP contribution in [0.25, 0.3) is 0 Å². The van der Waals surface area contributed by atoms with Crippen LogP contribution in [0.15, 0.2) is 30.3 Å². The Hall–Kier alpha value is -2.61. The fourth-order valence-electron chi connectivity index (χ4n) is 4.95. The Balaban J connectivity index is 1.61. The molecule has 8 nitrogen and oxygen atoms in total. The first-order valence-electron chi connectivity index (χ1n) is 12.7. The molecule has 0 aliphatic carbocycles. The minimum absolute atomic E-state index is 0.00587. The fourth-order valence-corrected chi connectivity index (χ4v) is 4.95. The molecule has 0 saturated carbocycles. The number of carbonyl (C=O) groups excluding carboxylic acids is 3. The van der Waals surface area contributed by atoms with E-state index < -0.39 is 11.0 Å². The van der Waals surface area contributed by atoms with Crippen molar-refractivity contribution in [1.29, 1.82) is 0 Å². The summed E-state index contributed by atoms with van der Waals surface area (Å²) in [4.78, 5) is 42.4. The Bertz CT molecular complexity index is 860. The third-order valence-electron chi connectivity index (χ3n) is 6.67. The molecule has 0 radical (unpaired) electrons. The van der Waals surface area contributed by atoms with E-state index in [2.05, 4.69) is 4.90 Å². The molecule has 0 aromatic heterocycles. The Morgan fingerprint density at radius 3 is 2.34 bits per heavy atom. The summed E-state index contributed by atoms with van der Waals surface area (Å²) < 4.78 is 16.5. The summed E-state index contributed by atoms with van der Waals surface area (Å²) in [6, 6.07) is 9.76. The molecule has 2 fully saturated rings. The molecular formula is C27H40N2O6. The van der Waals surface area contributed by atoms with Gasteiger partial charge in [0.25, 0.3) is 0 Å². The van der Waals surface area contributed by atoms with Crippen LogP contribution in [-0.2, 0) is 30.4 Å². The lowest BCUT2D eigenvalue weighted by Gasteiger charge is -2.46. The van der Waals surface area contributed by atoms with Crippen molar-refractivity contribution in [2.75, 3.05) is 32.8 Å². The summed E-state index contributed by atoms with van der Waals surface area (Å²) in [7, 11) is 0. The first-order valence-corrected chi connectivity index (χ1v) is 12.7. The Labute approximate surface area is 208 Å². The largest absolute Gasteiger partial charge is 0.466 e. The molecule has 2 heterocycles. The third kappa shape index (κ3) is 7.69. The normalized spacial score (nSPS) is 21.9. The number of piperidine rings is 2. The maximum atomic E-state index is 13.1. The number of hydrogen-bond donors (Lipinski definition) is 0. The average molecular weight is 489 g/mol. The van der Waals surface area contributed by atoms with Gasteiger partial charge in [-0.1, -0.05) is 30.3 Å². The van der Waals surface area contributed by atoms with Crippen molar-refractivity contribution in [2.45, 2.75) is 78.0 Å². The second kappa shape index (κ2) is 11.9. The fraction of sp³-hybridized carbons (Fsp3) is 0.667. The van der Waals surface area contributed by atoms with E-state index in [1.807, 2.05) is 51.1 Å².